The van der Waals surface area contributed by atoms with Crippen LogP contribution in [0.15, 0.2) is 22.8 Å². The fourth-order valence-corrected chi connectivity index (χ4v) is 1.48. The van der Waals surface area contributed by atoms with E-state index in [4.69, 9.17) is 4.42 Å². The number of hydrogen-bond acceptors (Lipinski definition) is 2. The minimum atomic E-state index is 0.560. The second-order valence-electron chi connectivity index (χ2n) is 3.99. The molecule has 0 saturated heterocycles. The topological polar surface area (TPSA) is 25.2 Å². The van der Waals surface area contributed by atoms with Crippen molar-refractivity contribution >= 4 is 0 Å². The molecule has 0 bridgehead atoms. The molecule has 2 heteroatoms. The molecule has 0 saturated carbocycles. The Hall–Kier alpha value is -0.760. The van der Waals surface area contributed by atoms with Crippen molar-refractivity contribution in [3.8, 4) is 0 Å². The molecular formula is C11H19NO. The molecule has 0 aromatic carbocycles. The Balaban J connectivity index is 2.19. The summed E-state index contributed by atoms with van der Waals surface area (Å²) < 4.78 is 5.23. The summed E-state index contributed by atoms with van der Waals surface area (Å²) in [4.78, 5) is 0. The SMILES string of the molecule is CC(C)C[C@@H](C)NCc1ccco1. The van der Waals surface area contributed by atoms with Crippen LogP contribution in [0.5, 0.6) is 0 Å². The van der Waals surface area contributed by atoms with Gasteiger partial charge in [0.1, 0.15) is 5.76 Å². The normalized spacial score (nSPS) is 13.5. The average Bonchev–Trinajstić information content (AvgIpc) is 2.51. The van der Waals surface area contributed by atoms with Crippen molar-refractivity contribution in [2.24, 2.45) is 5.92 Å². The third kappa shape index (κ3) is 4.13. The molecule has 1 aromatic heterocycles. The van der Waals surface area contributed by atoms with Gasteiger partial charge in [-0.15, -0.1) is 0 Å². The zero-order valence-corrected chi connectivity index (χ0v) is 8.71. The lowest BCUT2D eigenvalue weighted by molar-refractivity contribution is 0.410. The van der Waals surface area contributed by atoms with E-state index in [2.05, 4.69) is 26.1 Å². The van der Waals surface area contributed by atoms with Gasteiger partial charge in [-0.2, -0.15) is 0 Å². The largest absolute Gasteiger partial charge is 0.468 e. The summed E-state index contributed by atoms with van der Waals surface area (Å²) in [5.41, 5.74) is 0. The van der Waals surface area contributed by atoms with Crippen LogP contribution in [0.2, 0.25) is 0 Å². The highest BCUT2D eigenvalue weighted by Crippen LogP contribution is 2.05. The second-order valence-corrected chi connectivity index (χ2v) is 3.99. The van der Waals surface area contributed by atoms with Crippen LogP contribution < -0.4 is 5.32 Å². The maximum atomic E-state index is 5.23. The Morgan fingerprint density at radius 1 is 1.38 bits per heavy atom. The summed E-state index contributed by atoms with van der Waals surface area (Å²) >= 11 is 0. The van der Waals surface area contributed by atoms with Crippen molar-refractivity contribution in [3.63, 3.8) is 0 Å². The van der Waals surface area contributed by atoms with Gasteiger partial charge >= 0.3 is 0 Å². The number of nitrogens with one attached hydrogen (secondary N) is 1. The molecule has 0 aliphatic heterocycles. The van der Waals surface area contributed by atoms with Crippen molar-refractivity contribution in [3.05, 3.63) is 24.2 Å². The van der Waals surface area contributed by atoms with Crippen LogP contribution in [-0.2, 0) is 6.54 Å². The summed E-state index contributed by atoms with van der Waals surface area (Å²) in [6, 6.07) is 4.48. The number of rotatable bonds is 5. The van der Waals surface area contributed by atoms with Gasteiger partial charge in [0.25, 0.3) is 0 Å². The van der Waals surface area contributed by atoms with E-state index in [1.54, 1.807) is 6.26 Å². The van der Waals surface area contributed by atoms with E-state index in [-0.39, 0.29) is 0 Å². The predicted molar refractivity (Wildman–Crippen MR) is 54.5 cm³/mol. The van der Waals surface area contributed by atoms with E-state index >= 15 is 0 Å². The standard InChI is InChI=1S/C11H19NO/c1-9(2)7-10(3)12-8-11-5-4-6-13-11/h4-6,9-10,12H,7-8H2,1-3H3/t10-/m1/s1. The maximum absolute atomic E-state index is 5.23. The maximum Gasteiger partial charge on any atom is 0.117 e. The highest BCUT2D eigenvalue weighted by molar-refractivity contribution is 4.97. The van der Waals surface area contributed by atoms with E-state index < -0.39 is 0 Å². The fraction of sp³-hybridized carbons (Fsp3) is 0.636. The Bertz CT molecular complexity index is 216. The molecule has 74 valence electrons. The van der Waals surface area contributed by atoms with Crippen LogP contribution in [-0.4, -0.2) is 6.04 Å². The summed E-state index contributed by atoms with van der Waals surface area (Å²) in [6.07, 6.45) is 2.92. The lowest BCUT2D eigenvalue weighted by Crippen LogP contribution is -2.26. The minimum absolute atomic E-state index is 0.560. The molecule has 0 unspecified atom stereocenters. The molecule has 0 aliphatic rings. The van der Waals surface area contributed by atoms with Crippen molar-refractivity contribution in [2.75, 3.05) is 0 Å². The van der Waals surface area contributed by atoms with Gasteiger partial charge in [0.15, 0.2) is 0 Å². The molecule has 1 atom stereocenters. The van der Waals surface area contributed by atoms with Crippen molar-refractivity contribution < 1.29 is 4.42 Å². The third-order valence-corrected chi connectivity index (χ3v) is 2.03. The summed E-state index contributed by atoms with van der Waals surface area (Å²) in [5.74, 6) is 1.76. The van der Waals surface area contributed by atoms with Gasteiger partial charge in [-0.1, -0.05) is 13.8 Å². The molecule has 1 heterocycles. The molecule has 0 spiro atoms. The first kappa shape index (κ1) is 10.3. The second kappa shape index (κ2) is 5.07. The highest BCUT2D eigenvalue weighted by atomic mass is 16.3. The van der Waals surface area contributed by atoms with E-state index in [1.165, 1.54) is 6.42 Å². The van der Waals surface area contributed by atoms with Crippen LogP contribution >= 0.6 is 0 Å². The smallest absolute Gasteiger partial charge is 0.117 e. The van der Waals surface area contributed by atoms with Crippen LogP contribution in [0.1, 0.15) is 33.0 Å². The third-order valence-electron chi connectivity index (χ3n) is 2.03. The van der Waals surface area contributed by atoms with Crippen LogP contribution in [0.4, 0.5) is 0 Å². The number of furan rings is 1. The first-order chi connectivity index (χ1) is 6.18. The van der Waals surface area contributed by atoms with E-state index in [9.17, 15) is 0 Å². The monoisotopic (exact) mass is 181 g/mol. The van der Waals surface area contributed by atoms with Crippen molar-refractivity contribution in [1.29, 1.82) is 0 Å². The Morgan fingerprint density at radius 2 is 2.15 bits per heavy atom. The predicted octanol–water partition coefficient (Wildman–Crippen LogP) is 2.80. The van der Waals surface area contributed by atoms with Crippen LogP contribution in [0, 0.1) is 5.92 Å². The van der Waals surface area contributed by atoms with Gasteiger partial charge in [-0.3, -0.25) is 0 Å². The molecule has 1 N–H and O–H groups in total. The first-order valence-electron chi connectivity index (χ1n) is 4.94. The van der Waals surface area contributed by atoms with Crippen LogP contribution in [0.3, 0.4) is 0 Å². The first-order valence-corrected chi connectivity index (χ1v) is 4.94. The van der Waals surface area contributed by atoms with Gasteiger partial charge in [-0.05, 0) is 31.4 Å². The molecule has 1 rings (SSSR count). The Labute approximate surface area is 80.3 Å². The van der Waals surface area contributed by atoms with Gasteiger partial charge in [-0.25, -0.2) is 0 Å². The minimum Gasteiger partial charge on any atom is -0.468 e. The molecular weight excluding hydrogens is 162 g/mol. The molecule has 0 fully saturated rings. The van der Waals surface area contributed by atoms with Gasteiger partial charge in [0.2, 0.25) is 0 Å². The van der Waals surface area contributed by atoms with Gasteiger partial charge in [0.05, 0.1) is 12.8 Å². The quantitative estimate of drug-likeness (QED) is 0.755. The summed E-state index contributed by atoms with van der Waals surface area (Å²) in [7, 11) is 0. The molecule has 0 amide bonds. The molecule has 2 nitrogen and oxygen atoms in total. The van der Waals surface area contributed by atoms with Gasteiger partial charge in [0, 0.05) is 6.04 Å². The lowest BCUT2D eigenvalue weighted by atomic mass is 10.1. The van der Waals surface area contributed by atoms with Crippen molar-refractivity contribution in [1.82, 2.24) is 5.32 Å². The fourth-order valence-electron chi connectivity index (χ4n) is 1.48. The average molecular weight is 181 g/mol. The van der Waals surface area contributed by atoms with E-state index in [0.717, 1.165) is 18.2 Å². The Kier molecular flexibility index (Phi) is 4.03. The molecule has 13 heavy (non-hydrogen) atoms. The highest BCUT2D eigenvalue weighted by Gasteiger charge is 2.04. The number of hydrogen-bond donors (Lipinski definition) is 1. The molecule has 0 radical (unpaired) electrons. The zero-order chi connectivity index (χ0) is 9.68. The van der Waals surface area contributed by atoms with E-state index in [1.807, 2.05) is 12.1 Å². The van der Waals surface area contributed by atoms with Crippen molar-refractivity contribution in [2.45, 2.75) is 39.8 Å². The lowest BCUT2D eigenvalue weighted by Gasteiger charge is -2.14. The molecule has 0 aliphatic carbocycles. The zero-order valence-electron chi connectivity index (χ0n) is 8.71. The summed E-state index contributed by atoms with van der Waals surface area (Å²) in [6.45, 7) is 7.53. The van der Waals surface area contributed by atoms with Gasteiger partial charge < -0.3 is 9.73 Å². The van der Waals surface area contributed by atoms with Crippen LogP contribution in [0.25, 0.3) is 0 Å². The summed E-state index contributed by atoms with van der Waals surface area (Å²) in [5, 5.41) is 3.42. The molecule has 1 aromatic rings. The van der Waals surface area contributed by atoms with E-state index in [0.29, 0.717) is 6.04 Å². The Morgan fingerprint density at radius 3 is 2.69 bits per heavy atom.